The van der Waals surface area contributed by atoms with Crippen molar-refractivity contribution in [2.75, 3.05) is 16.8 Å². The summed E-state index contributed by atoms with van der Waals surface area (Å²) < 4.78 is 36.0. The van der Waals surface area contributed by atoms with Crippen LogP contribution in [0.2, 0.25) is 0 Å². The van der Waals surface area contributed by atoms with Gasteiger partial charge in [0.2, 0.25) is 0 Å². The normalized spacial score (nSPS) is 25.6. The van der Waals surface area contributed by atoms with Crippen LogP contribution in [-0.4, -0.2) is 25.5 Å². The molecule has 1 aliphatic heterocycles. The summed E-state index contributed by atoms with van der Waals surface area (Å²) >= 11 is 0. The van der Waals surface area contributed by atoms with Crippen molar-refractivity contribution in [3.05, 3.63) is 29.6 Å². The van der Waals surface area contributed by atoms with Crippen LogP contribution in [-0.2, 0) is 9.84 Å². The zero-order chi connectivity index (χ0) is 13.4. The Kier molecular flexibility index (Phi) is 3.03. The molecule has 1 unspecified atom stereocenters. The lowest BCUT2D eigenvalue weighted by Crippen LogP contribution is -2.36. The van der Waals surface area contributed by atoms with E-state index in [1.807, 2.05) is 6.07 Å². The highest BCUT2D eigenvalue weighted by Gasteiger charge is 2.38. The minimum Gasteiger partial charge on any atom is -0.378 e. The highest BCUT2D eigenvalue weighted by Crippen LogP contribution is 2.29. The van der Waals surface area contributed by atoms with Crippen molar-refractivity contribution in [2.45, 2.75) is 18.9 Å². The van der Waals surface area contributed by atoms with Crippen LogP contribution in [0.25, 0.3) is 0 Å². The van der Waals surface area contributed by atoms with E-state index in [-0.39, 0.29) is 17.1 Å². The zero-order valence-electron chi connectivity index (χ0n) is 9.90. The molecule has 1 aromatic carbocycles. The quantitative estimate of drug-likeness (QED) is 0.886. The van der Waals surface area contributed by atoms with Crippen molar-refractivity contribution >= 4 is 15.5 Å². The third-order valence-corrected chi connectivity index (χ3v) is 4.94. The second-order valence-corrected chi connectivity index (χ2v) is 7.01. The van der Waals surface area contributed by atoms with Crippen LogP contribution >= 0.6 is 0 Å². The summed E-state index contributed by atoms with van der Waals surface area (Å²) in [5.74, 6) is -0.316. The Morgan fingerprint density at radius 2 is 2.22 bits per heavy atom. The predicted molar refractivity (Wildman–Crippen MR) is 66.4 cm³/mol. The maximum absolute atomic E-state index is 13.0. The average molecular weight is 268 g/mol. The Balaban J connectivity index is 2.28. The van der Waals surface area contributed by atoms with E-state index in [4.69, 9.17) is 5.26 Å². The first-order chi connectivity index (χ1) is 8.34. The standard InChI is InChI=1S/C12H13FN2O2S/c1-12(4-5-18(16,17)8-12)15-11-3-2-10(13)6-9(11)7-14/h2-3,6,15H,4-5,8H2,1H3. The minimum atomic E-state index is -3.02. The topological polar surface area (TPSA) is 70.0 Å². The van der Waals surface area contributed by atoms with Crippen LogP contribution in [0.15, 0.2) is 18.2 Å². The summed E-state index contributed by atoms with van der Waals surface area (Å²) in [6, 6.07) is 5.74. The Labute approximate surface area is 105 Å². The summed E-state index contributed by atoms with van der Waals surface area (Å²) in [6.07, 6.45) is 0.484. The van der Waals surface area contributed by atoms with Crippen molar-refractivity contribution in [3.63, 3.8) is 0 Å². The number of benzene rings is 1. The van der Waals surface area contributed by atoms with Gasteiger partial charge >= 0.3 is 0 Å². The number of nitrogens with zero attached hydrogens (tertiary/aromatic N) is 1. The third kappa shape index (κ3) is 2.62. The van der Waals surface area contributed by atoms with E-state index in [2.05, 4.69) is 5.32 Å². The fourth-order valence-electron chi connectivity index (χ4n) is 2.15. The van der Waals surface area contributed by atoms with Gasteiger partial charge in [-0.2, -0.15) is 5.26 Å². The number of nitrogens with one attached hydrogen (secondary N) is 1. The van der Waals surface area contributed by atoms with E-state index >= 15 is 0 Å². The molecule has 0 radical (unpaired) electrons. The lowest BCUT2D eigenvalue weighted by atomic mass is 10.0. The van der Waals surface area contributed by atoms with Crippen LogP contribution in [0.5, 0.6) is 0 Å². The van der Waals surface area contributed by atoms with E-state index in [1.54, 1.807) is 6.92 Å². The number of halogens is 1. The van der Waals surface area contributed by atoms with Crippen LogP contribution < -0.4 is 5.32 Å². The van der Waals surface area contributed by atoms with Gasteiger partial charge < -0.3 is 5.32 Å². The summed E-state index contributed by atoms with van der Waals surface area (Å²) in [4.78, 5) is 0. The monoisotopic (exact) mass is 268 g/mol. The lowest BCUT2D eigenvalue weighted by molar-refractivity contribution is 0.573. The number of anilines is 1. The summed E-state index contributed by atoms with van der Waals surface area (Å²) in [6.45, 7) is 1.79. The van der Waals surface area contributed by atoms with Crippen LogP contribution in [0, 0.1) is 17.1 Å². The van der Waals surface area contributed by atoms with Gasteiger partial charge in [0, 0.05) is 5.54 Å². The number of rotatable bonds is 2. The smallest absolute Gasteiger partial charge is 0.152 e. The minimum absolute atomic E-state index is 0.0300. The number of sulfone groups is 1. The fraction of sp³-hybridized carbons (Fsp3) is 0.417. The maximum Gasteiger partial charge on any atom is 0.152 e. The van der Waals surface area contributed by atoms with Crippen LogP contribution in [0.1, 0.15) is 18.9 Å². The molecule has 1 fully saturated rings. The molecule has 4 nitrogen and oxygen atoms in total. The highest BCUT2D eigenvalue weighted by atomic mass is 32.2. The van der Waals surface area contributed by atoms with Gasteiger partial charge in [-0.3, -0.25) is 0 Å². The van der Waals surface area contributed by atoms with Crippen molar-refractivity contribution in [1.82, 2.24) is 0 Å². The first-order valence-corrected chi connectivity index (χ1v) is 7.34. The van der Waals surface area contributed by atoms with Gasteiger partial charge in [0.1, 0.15) is 11.9 Å². The summed E-state index contributed by atoms with van der Waals surface area (Å²) in [7, 11) is -3.02. The first-order valence-electron chi connectivity index (χ1n) is 5.52. The average Bonchev–Trinajstić information content (AvgIpc) is 2.56. The molecule has 0 aromatic heterocycles. The molecule has 1 heterocycles. The Morgan fingerprint density at radius 1 is 1.50 bits per heavy atom. The molecule has 6 heteroatoms. The maximum atomic E-state index is 13.0. The molecule has 0 bridgehead atoms. The van der Waals surface area contributed by atoms with E-state index in [0.29, 0.717) is 12.1 Å². The SMILES string of the molecule is CC1(Nc2ccc(F)cc2C#N)CCS(=O)(=O)C1. The van der Waals surface area contributed by atoms with Gasteiger partial charge in [0.15, 0.2) is 9.84 Å². The highest BCUT2D eigenvalue weighted by molar-refractivity contribution is 7.91. The first kappa shape index (κ1) is 12.8. The molecule has 0 spiro atoms. The van der Waals surface area contributed by atoms with Crippen molar-refractivity contribution in [1.29, 1.82) is 5.26 Å². The van der Waals surface area contributed by atoms with Crippen LogP contribution in [0.3, 0.4) is 0 Å². The predicted octanol–water partition coefficient (Wildman–Crippen LogP) is 1.69. The lowest BCUT2D eigenvalue weighted by Gasteiger charge is -2.25. The number of hydrogen-bond donors (Lipinski definition) is 1. The van der Waals surface area contributed by atoms with Gasteiger partial charge in [0.25, 0.3) is 0 Å². The Morgan fingerprint density at radius 3 is 2.78 bits per heavy atom. The van der Waals surface area contributed by atoms with Gasteiger partial charge in [-0.15, -0.1) is 0 Å². The molecule has 1 aromatic rings. The van der Waals surface area contributed by atoms with Gasteiger partial charge in [-0.1, -0.05) is 0 Å². The molecular weight excluding hydrogens is 255 g/mol. The molecule has 0 amide bonds. The molecule has 0 aliphatic carbocycles. The molecule has 0 saturated carbocycles. The second-order valence-electron chi connectivity index (χ2n) is 4.83. The zero-order valence-corrected chi connectivity index (χ0v) is 10.7. The van der Waals surface area contributed by atoms with Crippen LogP contribution in [0.4, 0.5) is 10.1 Å². The summed E-state index contributed by atoms with van der Waals surface area (Å²) in [5.41, 5.74) is 0.0569. The third-order valence-electron chi connectivity index (χ3n) is 3.04. The second kappa shape index (κ2) is 4.25. The molecule has 1 atom stereocenters. The van der Waals surface area contributed by atoms with Crippen molar-refractivity contribution < 1.29 is 12.8 Å². The summed E-state index contributed by atoms with van der Waals surface area (Å²) in [5, 5.41) is 12.0. The molecule has 1 aliphatic rings. The Bertz CT molecular complexity index is 621. The van der Waals surface area contributed by atoms with E-state index < -0.39 is 21.2 Å². The van der Waals surface area contributed by atoms with E-state index in [0.717, 1.165) is 6.07 Å². The Hall–Kier alpha value is -1.61. The fourth-order valence-corrected chi connectivity index (χ4v) is 4.25. The molecule has 18 heavy (non-hydrogen) atoms. The molecule has 1 N–H and O–H groups in total. The van der Waals surface area contributed by atoms with Crippen molar-refractivity contribution in [2.24, 2.45) is 0 Å². The number of nitriles is 1. The van der Waals surface area contributed by atoms with Gasteiger partial charge in [-0.05, 0) is 31.5 Å². The molecule has 2 rings (SSSR count). The van der Waals surface area contributed by atoms with Crippen molar-refractivity contribution in [3.8, 4) is 6.07 Å². The van der Waals surface area contributed by atoms with Gasteiger partial charge in [0.05, 0.1) is 22.8 Å². The van der Waals surface area contributed by atoms with E-state index in [9.17, 15) is 12.8 Å². The molecule has 1 saturated heterocycles. The van der Waals surface area contributed by atoms with E-state index in [1.165, 1.54) is 12.1 Å². The number of hydrogen-bond acceptors (Lipinski definition) is 4. The largest absolute Gasteiger partial charge is 0.378 e. The van der Waals surface area contributed by atoms with Gasteiger partial charge in [-0.25, -0.2) is 12.8 Å². The molecule has 96 valence electrons. The molecular formula is C12H13FN2O2S.